The SMILES string of the molecule is CN(C(=O)C1(N)CCC1)C1CCc2ccccc21. The van der Waals surface area contributed by atoms with Crippen LogP contribution in [0.5, 0.6) is 0 Å². The maximum Gasteiger partial charge on any atom is 0.242 e. The van der Waals surface area contributed by atoms with Crippen molar-refractivity contribution in [2.45, 2.75) is 43.7 Å². The Hall–Kier alpha value is -1.35. The van der Waals surface area contributed by atoms with Gasteiger partial charge in [-0.3, -0.25) is 4.79 Å². The Labute approximate surface area is 108 Å². The molecule has 3 rings (SSSR count). The molecule has 1 fully saturated rings. The fourth-order valence-corrected chi connectivity index (χ4v) is 3.20. The Bertz CT molecular complexity index is 479. The van der Waals surface area contributed by atoms with Gasteiger partial charge in [0.05, 0.1) is 11.6 Å². The van der Waals surface area contributed by atoms with Crippen LogP contribution < -0.4 is 5.73 Å². The molecular weight excluding hydrogens is 224 g/mol. The van der Waals surface area contributed by atoms with Crippen molar-refractivity contribution in [1.82, 2.24) is 4.90 Å². The number of nitrogens with zero attached hydrogens (tertiary/aromatic N) is 1. The quantitative estimate of drug-likeness (QED) is 0.865. The Morgan fingerprint density at radius 3 is 2.78 bits per heavy atom. The van der Waals surface area contributed by atoms with E-state index in [4.69, 9.17) is 5.73 Å². The molecule has 1 unspecified atom stereocenters. The smallest absolute Gasteiger partial charge is 0.242 e. The zero-order valence-electron chi connectivity index (χ0n) is 10.9. The highest BCUT2D eigenvalue weighted by Gasteiger charge is 2.44. The molecule has 0 heterocycles. The molecule has 3 heteroatoms. The normalized spacial score (nSPS) is 24.2. The van der Waals surface area contributed by atoms with Gasteiger partial charge in [0.2, 0.25) is 5.91 Å². The van der Waals surface area contributed by atoms with Gasteiger partial charge >= 0.3 is 0 Å². The zero-order valence-corrected chi connectivity index (χ0v) is 10.9. The molecule has 0 spiro atoms. The van der Waals surface area contributed by atoms with Crippen LogP contribution >= 0.6 is 0 Å². The lowest BCUT2D eigenvalue weighted by atomic mass is 9.76. The minimum Gasteiger partial charge on any atom is -0.337 e. The summed E-state index contributed by atoms with van der Waals surface area (Å²) in [6.07, 6.45) is 4.85. The van der Waals surface area contributed by atoms with E-state index in [1.807, 2.05) is 11.9 Å². The van der Waals surface area contributed by atoms with Crippen molar-refractivity contribution in [1.29, 1.82) is 0 Å². The Kier molecular flexibility index (Phi) is 2.67. The molecule has 0 saturated heterocycles. The number of carbonyl (C=O) groups excluding carboxylic acids is 1. The summed E-state index contributed by atoms with van der Waals surface area (Å²) in [7, 11) is 1.90. The largest absolute Gasteiger partial charge is 0.337 e. The molecule has 96 valence electrons. The van der Waals surface area contributed by atoms with E-state index in [1.165, 1.54) is 11.1 Å². The number of carbonyl (C=O) groups is 1. The molecule has 3 nitrogen and oxygen atoms in total. The number of benzene rings is 1. The first kappa shape index (κ1) is 11.7. The summed E-state index contributed by atoms with van der Waals surface area (Å²) < 4.78 is 0. The van der Waals surface area contributed by atoms with Crippen LogP contribution in [0.25, 0.3) is 0 Å². The lowest BCUT2D eigenvalue weighted by Crippen LogP contribution is -2.59. The van der Waals surface area contributed by atoms with Gasteiger partial charge in [-0.25, -0.2) is 0 Å². The van der Waals surface area contributed by atoms with Gasteiger partial charge in [0.25, 0.3) is 0 Å². The second-order valence-electron chi connectivity index (χ2n) is 5.68. The van der Waals surface area contributed by atoms with Gasteiger partial charge in [0.15, 0.2) is 0 Å². The molecule has 18 heavy (non-hydrogen) atoms. The van der Waals surface area contributed by atoms with Crippen molar-refractivity contribution >= 4 is 5.91 Å². The highest BCUT2D eigenvalue weighted by atomic mass is 16.2. The van der Waals surface area contributed by atoms with E-state index in [9.17, 15) is 4.79 Å². The molecule has 2 N–H and O–H groups in total. The highest BCUT2D eigenvalue weighted by molar-refractivity contribution is 5.87. The van der Waals surface area contributed by atoms with Gasteiger partial charge in [-0.15, -0.1) is 0 Å². The van der Waals surface area contributed by atoms with Crippen LogP contribution in [0.3, 0.4) is 0 Å². The van der Waals surface area contributed by atoms with E-state index >= 15 is 0 Å². The van der Waals surface area contributed by atoms with Crippen LogP contribution in [0.1, 0.15) is 42.9 Å². The number of hydrogen-bond acceptors (Lipinski definition) is 2. The van der Waals surface area contributed by atoms with Crippen molar-refractivity contribution < 1.29 is 4.79 Å². The topological polar surface area (TPSA) is 46.3 Å². The number of rotatable bonds is 2. The Morgan fingerprint density at radius 1 is 1.39 bits per heavy atom. The molecule has 0 aliphatic heterocycles. The molecule has 1 aromatic carbocycles. The first-order valence-corrected chi connectivity index (χ1v) is 6.76. The molecule has 0 aromatic heterocycles. The van der Waals surface area contributed by atoms with Gasteiger partial charge in [-0.2, -0.15) is 0 Å². The third-order valence-electron chi connectivity index (χ3n) is 4.56. The predicted molar refractivity (Wildman–Crippen MR) is 71.0 cm³/mol. The summed E-state index contributed by atoms with van der Waals surface area (Å²) in [5, 5.41) is 0. The van der Waals surface area contributed by atoms with Crippen LogP contribution in [-0.4, -0.2) is 23.4 Å². The van der Waals surface area contributed by atoms with E-state index in [0.29, 0.717) is 0 Å². The zero-order chi connectivity index (χ0) is 12.8. The van der Waals surface area contributed by atoms with Crippen LogP contribution in [0.4, 0.5) is 0 Å². The van der Waals surface area contributed by atoms with E-state index in [0.717, 1.165) is 32.1 Å². The van der Waals surface area contributed by atoms with Crippen molar-refractivity contribution in [2.75, 3.05) is 7.05 Å². The standard InChI is InChI=1S/C15H20N2O/c1-17(14(18)15(16)9-4-10-15)13-8-7-11-5-2-3-6-12(11)13/h2-3,5-6,13H,4,7-10,16H2,1H3. The molecule has 0 radical (unpaired) electrons. The van der Waals surface area contributed by atoms with Gasteiger partial charge in [0.1, 0.15) is 0 Å². The summed E-state index contributed by atoms with van der Waals surface area (Å²) in [6, 6.07) is 8.64. The summed E-state index contributed by atoms with van der Waals surface area (Å²) in [6.45, 7) is 0. The number of likely N-dealkylation sites (N-methyl/N-ethyl adjacent to an activating group) is 1. The molecule has 1 amide bonds. The summed E-state index contributed by atoms with van der Waals surface area (Å²) in [5.41, 5.74) is 8.25. The number of fused-ring (bicyclic) bond motifs is 1. The van der Waals surface area contributed by atoms with Gasteiger partial charge in [-0.05, 0) is 43.2 Å². The lowest BCUT2D eigenvalue weighted by molar-refractivity contribution is -0.141. The van der Waals surface area contributed by atoms with Gasteiger partial charge < -0.3 is 10.6 Å². The van der Waals surface area contributed by atoms with Crippen LogP contribution in [0, 0.1) is 0 Å². The average Bonchev–Trinajstić information content (AvgIpc) is 2.78. The molecule has 1 saturated carbocycles. The number of amides is 1. The van der Waals surface area contributed by atoms with E-state index < -0.39 is 5.54 Å². The third-order valence-corrected chi connectivity index (χ3v) is 4.56. The van der Waals surface area contributed by atoms with Gasteiger partial charge in [-0.1, -0.05) is 24.3 Å². The minimum absolute atomic E-state index is 0.121. The molecule has 1 aromatic rings. The fourth-order valence-electron chi connectivity index (χ4n) is 3.20. The minimum atomic E-state index is -0.577. The van der Waals surface area contributed by atoms with Crippen molar-refractivity contribution in [3.8, 4) is 0 Å². The molecule has 0 bridgehead atoms. The highest BCUT2D eigenvalue weighted by Crippen LogP contribution is 2.38. The first-order valence-electron chi connectivity index (χ1n) is 6.76. The fraction of sp³-hybridized carbons (Fsp3) is 0.533. The summed E-state index contributed by atoms with van der Waals surface area (Å²) in [5.74, 6) is 0.121. The van der Waals surface area contributed by atoms with Crippen molar-refractivity contribution in [3.05, 3.63) is 35.4 Å². The molecular formula is C15H20N2O. The van der Waals surface area contributed by atoms with E-state index in [-0.39, 0.29) is 11.9 Å². The van der Waals surface area contributed by atoms with Crippen LogP contribution in [-0.2, 0) is 11.2 Å². The summed E-state index contributed by atoms with van der Waals surface area (Å²) >= 11 is 0. The van der Waals surface area contributed by atoms with Crippen LogP contribution in [0.2, 0.25) is 0 Å². The summed E-state index contributed by atoms with van der Waals surface area (Å²) in [4.78, 5) is 14.3. The first-order chi connectivity index (χ1) is 8.62. The number of nitrogens with two attached hydrogens (primary N) is 1. The monoisotopic (exact) mass is 244 g/mol. The number of aryl methyl sites for hydroxylation is 1. The Balaban J connectivity index is 1.82. The maximum atomic E-state index is 12.4. The average molecular weight is 244 g/mol. The second-order valence-corrected chi connectivity index (χ2v) is 5.68. The molecule has 1 atom stereocenters. The van der Waals surface area contributed by atoms with Crippen LogP contribution in [0.15, 0.2) is 24.3 Å². The van der Waals surface area contributed by atoms with Crippen molar-refractivity contribution in [3.63, 3.8) is 0 Å². The molecule has 2 aliphatic rings. The van der Waals surface area contributed by atoms with E-state index in [1.54, 1.807) is 0 Å². The lowest BCUT2D eigenvalue weighted by Gasteiger charge is -2.41. The number of hydrogen-bond donors (Lipinski definition) is 1. The van der Waals surface area contributed by atoms with Crippen molar-refractivity contribution in [2.24, 2.45) is 5.73 Å². The predicted octanol–water partition coefficient (Wildman–Crippen LogP) is 2.01. The Morgan fingerprint density at radius 2 is 2.11 bits per heavy atom. The second kappa shape index (κ2) is 4.09. The van der Waals surface area contributed by atoms with E-state index in [2.05, 4.69) is 24.3 Å². The maximum absolute atomic E-state index is 12.4. The van der Waals surface area contributed by atoms with Gasteiger partial charge in [0, 0.05) is 7.05 Å². The third kappa shape index (κ3) is 1.65. The molecule has 2 aliphatic carbocycles.